The molecule has 3 nitrogen and oxygen atoms in total. The third kappa shape index (κ3) is 6.50. The van der Waals surface area contributed by atoms with E-state index in [-0.39, 0.29) is 5.75 Å². The Morgan fingerprint density at radius 3 is 2.42 bits per heavy atom. The van der Waals surface area contributed by atoms with E-state index in [1.54, 1.807) is 24.3 Å². The van der Waals surface area contributed by atoms with Crippen LogP contribution in [0.1, 0.15) is 19.4 Å². The summed E-state index contributed by atoms with van der Waals surface area (Å²) in [5, 5.41) is 3.39. The first-order chi connectivity index (χ1) is 9.01. The summed E-state index contributed by atoms with van der Waals surface area (Å²) in [5.41, 5.74) is 1.05. The summed E-state index contributed by atoms with van der Waals surface area (Å²) in [6.07, 6.45) is 0. The zero-order valence-corrected chi connectivity index (χ0v) is 11.7. The summed E-state index contributed by atoms with van der Waals surface area (Å²) in [4.78, 5) is 2.23. The van der Waals surface area contributed by atoms with Gasteiger partial charge in [-0.25, -0.2) is 0 Å². The van der Waals surface area contributed by atoms with Crippen molar-refractivity contribution < 1.29 is 13.5 Å². The van der Waals surface area contributed by atoms with E-state index in [0.717, 1.165) is 18.7 Å². The minimum Gasteiger partial charge on any atom is -0.435 e. The van der Waals surface area contributed by atoms with Gasteiger partial charge in [0.15, 0.2) is 0 Å². The van der Waals surface area contributed by atoms with Crippen LogP contribution < -0.4 is 10.1 Å². The Labute approximate surface area is 113 Å². The minimum atomic E-state index is -2.77. The molecular formula is C14H22F2N2O. The highest BCUT2D eigenvalue weighted by Crippen LogP contribution is 2.14. The molecule has 5 heteroatoms. The number of benzene rings is 1. The predicted octanol–water partition coefficient (Wildman–Crippen LogP) is 2.72. The third-order valence-corrected chi connectivity index (χ3v) is 2.93. The summed E-state index contributed by atoms with van der Waals surface area (Å²) in [6, 6.07) is 7.09. The van der Waals surface area contributed by atoms with Crippen molar-refractivity contribution in [1.82, 2.24) is 10.2 Å². The first kappa shape index (κ1) is 15.9. The van der Waals surface area contributed by atoms with Gasteiger partial charge in [-0.3, -0.25) is 0 Å². The van der Waals surface area contributed by atoms with Crippen LogP contribution in [0.3, 0.4) is 0 Å². The van der Waals surface area contributed by atoms with Gasteiger partial charge >= 0.3 is 6.61 Å². The highest BCUT2D eigenvalue weighted by molar-refractivity contribution is 5.27. The van der Waals surface area contributed by atoms with E-state index in [4.69, 9.17) is 0 Å². The number of hydrogen-bond acceptors (Lipinski definition) is 3. The van der Waals surface area contributed by atoms with E-state index in [2.05, 4.69) is 35.8 Å². The number of ether oxygens (including phenoxy) is 1. The summed E-state index contributed by atoms with van der Waals surface area (Å²) in [7, 11) is 2.08. The van der Waals surface area contributed by atoms with E-state index in [0.29, 0.717) is 12.6 Å². The molecule has 0 aromatic heterocycles. The second kappa shape index (κ2) is 8.07. The van der Waals surface area contributed by atoms with Crippen LogP contribution in [0.2, 0.25) is 0 Å². The fourth-order valence-corrected chi connectivity index (χ4v) is 1.74. The number of nitrogens with one attached hydrogen (secondary N) is 1. The van der Waals surface area contributed by atoms with Crippen LogP contribution in [0, 0.1) is 0 Å². The van der Waals surface area contributed by atoms with E-state index < -0.39 is 6.61 Å². The van der Waals surface area contributed by atoms with Gasteiger partial charge in [0.1, 0.15) is 5.75 Å². The highest BCUT2D eigenvalue weighted by Gasteiger charge is 2.06. The zero-order chi connectivity index (χ0) is 14.3. The largest absolute Gasteiger partial charge is 0.435 e. The lowest BCUT2D eigenvalue weighted by molar-refractivity contribution is -0.0498. The topological polar surface area (TPSA) is 24.5 Å². The predicted molar refractivity (Wildman–Crippen MR) is 72.5 cm³/mol. The molecule has 0 spiro atoms. The van der Waals surface area contributed by atoms with E-state index in [9.17, 15) is 8.78 Å². The monoisotopic (exact) mass is 272 g/mol. The smallest absolute Gasteiger partial charge is 0.387 e. The summed E-state index contributed by atoms with van der Waals surface area (Å²) >= 11 is 0. The molecule has 0 fully saturated rings. The number of likely N-dealkylation sites (N-methyl/N-ethyl adjacent to an activating group) is 1. The lowest BCUT2D eigenvalue weighted by Gasteiger charge is -2.20. The van der Waals surface area contributed by atoms with Crippen LogP contribution in [0.15, 0.2) is 24.3 Å². The Morgan fingerprint density at radius 2 is 1.89 bits per heavy atom. The SMILES string of the molecule is CCN(C)CC(C)NCc1ccc(OC(F)F)cc1. The molecule has 0 saturated carbocycles. The van der Waals surface area contributed by atoms with Crippen LogP contribution in [-0.4, -0.2) is 37.7 Å². The van der Waals surface area contributed by atoms with Crippen molar-refractivity contribution in [1.29, 1.82) is 0 Å². The van der Waals surface area contributed by atoms with Gasteiger partial charge in [-0.1, -0.05) is 19.1 Å². The zero-order valence-electron chi connectivity index (χ0n) is 11.7. The molecule has 0 aliphatic rings. The molecule has 108 valence electrons. The summed E-state index contributed by atoms with van der Waals surface area (Å²) in [5.74, 6) is 0.192. The van der Waals surface area contributed by atoms with Gasteiger partial charge in [0.25, 0.3) is 0 Å². The Bertz CT molecular complexity index is 357. The molecule has 1 N–H and O–H groups in total. The molecule has 1 unspecified atom stereocenters. The lowest BCUT2D eigenvalue weighted by atomic mass is 10.2. The van der Waals surface area contributed by atoms with Gasteiger partial charge < -0.3 is 15.0 Å². The van der Waals surface area contributed by atoms with E-state index >= 15 is 0 Å². The first-order valence-corrected chi connectivity index (χ1v) is 6.47. The lowest BCUT2D eigenvalue weighted by Crippen LogP contribution is -2.36. The molecular weight excluding hydrogens is 250 g/mol. The molecule has 1 aromatic carbocycles. The maximum Gasteiger partial charge on any atom is 0.387 e. The normalized spacial score (nSPS) is 13.0. The molecule has 19 heavy (non-hydrogen) atoms. The van der Waals surface area contributed by atoms with Crippen LogP contribution >= 0.6 is 0 Å². The average molecular weight is 272 g/mol. The van der Waals surface area contributed by atoms with Crippen LogP contribution in [0.25, 0.3) is 0 Å². The Balaban J connectivity index is 2.37. The van der Waals surface area contributed by atoms with E-state index in [1.165, 1.54) is 0 Å². The molecule has 0 heterocycles. The van der Waals surface area contributed by atoms with Gasteiger partial charge in [-0.15, -0.1) is 0 Å². The molecule has 0 aliphatic carbocycles. The second-order valence-electron chi connectivity index (χ2n) is 4.66. The van der Waals surface area contributed by atoms with Gasteiger partial charge in [0.2, 0.25) is 0 Å². The fourth-order valence-electron chi connectivity index (χ4n) is 1.74. The number of hydrogen-bond donors (Lipinski definition) is 1. The number of nitrogens with zero attached hydrogens (tertiary/aromatic N) is 1. The Hall–Kier alpha value is -1.20. The van der Waals surface area contributed by atoms with Crippen molar-refractivity contribution in [2.75, 3.05) is 20.1 Å². The third-order valence-electron chi connectivity index (χ3n) is 2.93. The Morgan fingerprint density at radius 1 is 1.26 bits per heavy atom. The van der Waals surface area contributed by atoms with Gasteiger partial charge in [-0.05, 0) is 38.2 Å². The van der Waals surface area contributed by atoms with Crippen molar-refractivity contribution in [3.63, 3.8) is 0 Å². The van der Waals surface area contributed by atoms with Gasteiger partial charge in [0, 0.05) is 19.1 Å². The first-order valence-electron chi connectivity index (χ1n) is 6.47. The molecule has 1 atom stereocenters. The minimum absolute atomic E-state index is 0.192. The van der Waals surface area contributed by atoms with Crippen molar-refractivity contribution in [2.24, 2.45) is 0 Å². The molecule has 0 aliphatic heterocycles. The van der Waals surface area contributed by atoms with Gasteiger partial charge in [0.05, 0.1) is 0 Å². The standard InChI is InChI=1S/C14H22F2N2O/c1-4-18(3)10-11(2)17-9-12-5-7-13(8-6-12)19-14(15)16/h5-8,11,14,17H,4,9-10H2,1-3H3. The second-order valence-corrected chi connectivity index (χ2v) is 4.66. The molecule has 1 rings (SSSR count). The molecule has 0 saturated heterocycles. The average Bonchev–Trinajstić information content (AvgIpc) is 2.37. The maximum atomic E-state index is 12.0. The number of rotatable bonds is 8. The van der Waals surface area contributed by atoms with Crippen molar-refractivity contribution in [3.8, 4) is 5.75 Å². The number of alkyl halides is 2. The van der Waals surface area contributed by atoms with Crippen LogP contribution in [-0.2, 0) is 6.54 Å². The maximum absolute atomic E-state index is 12.0. The molecule has 0 amide bonds. The quantitative estimate of drug-likeness (QED) is 0.787. The highest BCUT2D eigenvalue weighted by atomic mass is 19.3. The van der Waals surface area contributed by atoms with E-state index in [1.807, 2.05) is 0 Å². The molecule has 0 bridgehead atoms. The van der Waals surface area contributed by atoms with Crippen LogP contribution in [0.5, 0.6) is 5.75 Å². The summed E-state index contributed by atoms with van der Waals surface area (Å²) < 4.78 is 28.3. The van der Waals surface area contributed by atoms with Crippen LogP contribution in [0.4, 0.5) is 8.78 Å². The summed E-state index contributed by atoms with van der Waals surface area (Å²) in [6.45, 7) is 4.19. The van der Waals surface area contributed by atoms with Crippen molar-refractivity contribution in [2.45, 2.75) is 33.0 Å². The van der Waals surface area contributed by atoms with Crippen molar-refractivity contribution in [3.05, 3.63) is 29.8 Å². The Kier molecular flexibility index (Phi) is 6.73. The number of halogens is 2. The van der Waals surface area contributed by atoms with Crippen molar-refractivity contribution >= 4 is 0 Å². The molecule has 1 aromatic rings. The molecule has 0 radical (unpaired) electrons. The van der Waals surface area contributed by atoms with Gasteiger partial charge in [-0.2, -0.15) is 8.78 Å². The fraction of sp³-hybridized carbons (Fsp3) is 0.571.